The van der Waals surface area contributed by atoms with Crippen LogP contribution < -0.4 is 5.32 Å². The monoisotopic (exact) mass is 273 g/mol. The zero-order valence-electron chi connectivity index (χ0n) is 10.7. The standard InChI is InChI=1S/C15H15NO4/c17-11-5-3-10(4-6-11)16-14(18)12-8-1-2-9(7-8)13(12)15(19)20/h1-6,8-9,12-13,17H,7H2,(H,16,18)(H,19,20)/t8-,9+,12+,13+/m1/s1. The summed E-state index contributed by atoms with van der Waals surface area (Å²) in [7, 11) is 0. The van der Waals surface area contributed by atoms with Crippen molar-refractivity contribution in [3.8, 4) is 5.75 Å². The number of hydrogen-bond acceptors (Lipinski definition) is 3. The van der Waals surface area contributed by atoms with E-state index in [2.05, 4.69) is 5.32 Å². The summed E-state index contributed by atoms with van der Waals surface area (Å²) in [5.74, 6) is -2.23. The van der Waals surface area contributed by atoms with Crippen molar-refractivity contribution in [1.82, 2.24) is 0 Å². The molecule has 5 nitrogen and oxygen atoms in total. The van der Waals surface area contributed by atoms with Crippen molar-refractivity contribution in [2.45, 2.75) is 6.42 Å². The maximum atomic E-state index is 12.3. The molecule has 0 aliphatic heterocycles. The summed E-state index contributed by atoms with van der Waals surface area (Å²) in [4.78, 5) is 23.7. The molecule has 3 rings (SSSR count). The van der Waals surface area contributed by atoms with E-state index in [1.165, 1.54) is 12.1 Å². The van der Waals surface area contributed by atoms with E-state index in [1.807, 2.05) is 12.2 Å². The third kappa shape index (κ3) is 2.05. The number of phenolic OH excluding ortho intramolecular Hbond substituents is 1. The lowest BCUT2D eigenvalue weighted by Crippen LogP contribution is -2.36. The average Bonchev–Trinajstić information content (AvgIpc) is 3.01. The molecule has 1 saturated carbocycles. The van der Waals surface area contributed by atoms with Gasteiger partial charge in [-0.1, -0.05) is 12.2 Å². The molecule has 1 amide bonds. The third-order valence-corrected chi connectivity index (χ3v) is 4.18. The van der Waals surface area contributed by atoms with Crippen molar-refractivity contribution < 1.29 is 19.8 Å². The van der Waals surface area contributed by atoms with Gasteiger partial charge >= 0.3 is 5.97 Å². The molecule has 0 unspecified atom stereocenters. The van der Waals surface area contributed by atoms with E-state index in [1.54, 1.807) is 12.1 Å². The van der Waals surface area contributed by atoms with E-state index in [4.69, 9.17) is 0 Å². The Balaban J connectivity index is 1.78. The first-order chi connectivity index (χ1) is 9.56. The first-order valence-electron chi connectivity index (χ1n) is 6.57. The minimum atomic E-state index is -0.910. The number of benzene rings is 1. The van der Waals surface area contributed by atoms with Crippen molar-refractivity contribution in [3.05, 3.63) is 36.4 Å². The van der Waals surface area contributed by atoms with Crippen LogP contribution in [0.25, 0.3) is 0 Å². The van der Waals surface area contributed by atoms with Crippen molar-refractivity contribution in [2.24, 2.45) is 23.7 Å². The van der Waals surface area contributed by atoms with Gasteiger partial charge in [0.1, 0.15) is 5.75 Å². The summed E-state index contributed by atoms with van der Waals surface area (Å²) in [6.07, 6.45) is 4.60. The second-order valence-corrected chi connectivity index (χ2v) is 5.37. The number of carboxylic acid groups (broad SMARTS) is 1. The number of rotatable bonds is 3. The molecular weight excluding hydrogens is 258 g/mol. The molecule has 3 N–H and O–H groups in total. The number of nitrogens with one attached hydrogen (secondary N) is 1. The molecule has 104 valence electrons. The van der Waals surface area contributed by atoms with Gasteiger partial charge in [0.25, 0.3) is 0 Å². The van der Waals surface area contributed by atoms with Crippen molar-refractivity contribution in [2.75, 3.05) is 5.32 Å². The number of phenols is 1. The molecule has 1 aromatic rings. The smallest absolute Gasteiger partial charge is 0.307 e. The van der Waals surface area contributed by atoms with Crippen LogP contribution >= 0.6 is 0 Å². The van der Waals surface area contributed by atoms with E-state index in [0.717, 1.165) is 6.42 Å². The molecule has 2 aliphatic carbocycles. The highest BCUT2D eigenvalue weighted by atomic mass is 16.4. The topological polar surface area (TPSA) is 86.6 Å². The Morgan fingerprint density at radius 3 is 2.25 bits per heavy atom. The molecule has 2 bridgehead atoms. The highest BCUT2D eigenvalue weighted by molar-refractivity contribution is 5.96. The molecular formula is C15H15NO4. The maximum Gasteiger partial charge on any atom is 0.307 e. The molecule has 0 radical (unpaired) electrons. The zero-order chi connectivity index (χ0) is 14.3. The summed E-state index contributed by atoms with van der Waals surface area (Å²) >= 11 is 0. The van der Waals surface area contributed by atoms with Gasteiger partial charge in [-0.25, -0.2) is 0 Å². The Morgan fingerprint density at radius 1 is 1.05 bits per heavy atom. The number of aliphatic carboxylic acids is 1. The fraction of sp³-hybridized carbons (Fsp3) is 0.333. The Bertz CT molecular complexity index is 578. The number of fused-ring (bicyclic) bond motifs is 2. The third-order valence-electron chi connectivity index (χ3n) is 4.18. The minimum absolute atomic E-state index is 0.0122. The van der Waals surface area contributed by atoms with Crippen LogP contribution in [-0.2, 0) is 9.59 Å². The van der Waals surface area contributed by atoms with E-state index < -0.39 is 17.8 Å². The second kappa shape index (κ2) is 4.67. The van der Waals surface area contributed by atoms with Crippen LogP contribution in [0.2, 0.25) is 0 Å². The molecule has 4 atom stereocenters. The molecule has 0 saturated heterocycles. The number of amides is 1. The summed E-state index contributed by atoms with van der Waals surface area (Å²) in [5, 5.41) is 21.2. The molecule has 2 aliphatic rings. The fourth-order valence-electron chi connectivity index (χ4n) is 3.29. The Labute approximate surface area is 115 Å². The first-order valence-corrected chi connectivity index (χ1v) is 6.57. The van der Waals surface area contributed by atoms with Crippen molar-refractivity contribution in [3.63, 3.8) is 0 Å². The van der Waals surface area contributed by atoms with E-state index in [0.29, 0.717) is 5.69 Å². The summed E-state index contributed by atoms with van der Waals surface area (Å²) < 4.78 is 0. The number of hydrogen-bond donors (Lipinski definition) is 3. The highest BCUT2D eigenvalue weighted by Crippen LogP contribution is 2.48. The van der Waals surface area contributed by atoms with Crippen molar-refractivity contribution in [1.29, 1.82) is 0 Å². The molecule has 1 fully saturated rings. The van der Waals surface area contributed by atoms with Gasteiger partial charge in [-0.3, -0.25) is 9.59 Å². The molecule has 5 heteroatoms. The molecule has 20 heavy (non-hydrogen) atoms. The predicted molar refractivity (Wildman–Crippen MR) is 72.1 cm³/mol. The van der Waals surface area contributed by atoms with Crippen LogP contribution in [0.5, 0.6) is 5.75 Å². The number of carbonyl (C=O) groups excluding carboxylic acids is 1. The van der Waals surface area contributed by atoms with Crippen LogP contribution in [0.4, 0.5) is 5.69 Å². The summed E-state index contributed by atoms with van der Waals surface area (Å²) in [5.41, 5.74) is 0.559. The number of anilines is 1. The van der Waals surface area contributed by atoms with Gasteiger partial charge in [0, 0.05) is 5.69 Å². The predicted octanol–water partition coefficient (Wildman–Crippen LogP) is 1.85. The van der Waals surface area contributed by atoms with Crippen LogP contribution in [0, 0.1) is 23.7 Å². The number of carboxylic acids is 1. The number of allylic oxidation sites excluding steroid dienone is 2. The fourth-order valence-corrected chi connectivity index (χ4v) is 3.29. The van der Waals surface area contributed by atoms with Gasteiger partial charge in [0.2, 0.25) is 5.91 Å². The van der Waals surface area contributed by atoms with Crippen LogP contribution in [0.15, 0.2) is 36.4 Å². The van der Waals surface area contributed by atoms with E-state index in [9.17, 15) is 19.8 Å². The molecule has 1 aromatic carbocycles. The van der Waals surface area contributed by atoms with Crippen LogP contribution in [0.1, 0.15) is 6.42 Å². The van der Waals surface area contributed by atoms with Gasteiger partial charge in [0.15, 0.2) is 0 Å². The van der Waals surface area contributed by atoms with Gasteiger partial charge in [-0.2, -0.15) is 0 Å². The Kier molecular flexibility index (Phi) is 2.97. The Hall–Kier alpha value is -2.30. The summed E-state index contributed by atoms with van der Waals surface area (Å²) in [6.45, 7) is 0. The van der Waals surface area contributed by atoms with Gasteiger partial charge in [-0.15, -0.1) is 0 Å². The highest BCUT2D eigenvalue weighted by Gasteiger charge is 2.51. The SMILES string of the molecule is O=C(Nc1ccc(O)cc1)[C@@H]1[C@@H](C(=O)O)[C@H]2C=C[C@@H]1C2. The second-order valence-electron chi connectivity index (χ2n) is 5.37. The van der Waals surface area contributed by atoms with Gasteiger partial charge < -0.3 is 15.5 Å². The lowest BCUT2D eigenvalue weighted by atomic mass is 9.82. The zero-order valence-corrected chi connectivity index (χ0v) is 10.7. The van der Waals surface area contributed by atoms with Gasteiger partial charge in [0.05, 0.1) is 11.8 Å². The van der Waals surface area contributed by atoms with Crippen LogP contribution in [0.3, 0.4) is 0 Å². The normalized spacial score (nSPS) is 30.4. The number of aromatic hydroxyl groups is 1. The van der Waals surface area contributed by atoms with E-state index >= 15 is 0 Å². The lowest BCUT2D eigenvalue weighted by molar-refractivity contribution is -0.146. The average molecular weight is 273 g/mol. The van der Waals surface area contributed by atoms with Crippen LogP contribution in [-0.4, -0.2) is 22.1 Å². The first kappa shape index (κ1) is 12.7. The molecule has 0 aromatic heterocycles. The quantitative estimate of drug-likeness (QED) is 0.579. The van der Waals surface area contributed by atoms with Crippen molar-refractivity contribution >= 4 is 17.6 Å². The lowest BCUT2D eigenvalue weighted by Gasteiger charge is -2.23. The largest absolute Gasteiger partial charge is 0.508 e. The molecule has 0 spiro atoms. The molecule has 0 heterocycles. The van der Waals surface area contributed by atoms with E-state index in [-0.39, 0.29) is 23.5 Å². The minimum Gasteiger partial charge on any atom is -0.508 e. The Morgan fingerprint density at radius 2 is 1.65 bits per heavy atom. The maximum absolute atomic E-state index is 12.3. The summed E-state index contributed by atoms with van der Waals surface area (Å²) in [6, 6.07) is 6.13. The van der Waals surface area contributed by atoms with Gasteiger partial charge in [-0.05, 0) is 42.5 Å². The number of carbonyl (C=O) groups is 2.